The van der Waals surface area contributed by atoms with Crippen LogP contribution in [0.2, 0.25) is 0 Å². The maximum Gasteiger partial charge on any atom is 0.348 e. The molecule has 0 aliphatic heterocycles. The number of hydrogen-bond donors (Lipinski definition) is 2. The molecule has 0 radical (unpaired) electrons. The average Bonchev–Trinajstić information content (AvgIpc) is 2.95. The Bertz CT molecular complexity index is 935. The number of amides is 2. The summed E-state index contributed by atoms with van der Waals surface area (Å²) >= 11 is 0.961. The summed E-state index contributed by atoms with van der Waals surface area (Å²) in [5.74, 6) is -1.74. The van der Waals surface area contributed by atoms with Crippen LogP contribution in [-0.4, -0.2) is 24.9 Å². The van der Waals surface area contributed by atoms with Gasteiger partial charge in [0.25, 0.3) is 5.91 Å². The fourth-order valence-corrected chi connectivity index (χ4v) is 3.74. The summed E-state index contributed by atoms with van der Waals surface area (Å²) in [6.45, 7) is 7.98. The molecule has 0 aliphatic carbocycles. The van der Waals surface area contributed by atoms with Crippen molar-refractivity contribution in [3.05, 3.63) is 57.5 Å². The Labute approximate surface area is 168 Å². The number of rotatable bonds is 5. The van der Waals surface area contributed by atoms with Crippen molar-refractivity contribution in [2.24, 2.45) is 5.73 Å². The van der Waals surface area contributed by atoms with Gasteiger partial charge in [0.1, 0.15) is 9.88 Å². The molecule has 3 N–H and O–H groups in total. The number of ether oxygens (including phenoxy) is 1. The van der Waals surface area contributed by atoms with E-state index < -0.39 is 17.8 Å². The molecule has 0 aliphatic rings. The minimum absolute atomic E-state index is 0.0547. The second-order valence-corrected chi connectivity index (χ2v) is 8.33. The van der Waals surface area contributed by atoms with Gasteiger partial charge in [0.2, 0.25) is 5.91 Å². The van der Waals surface area contributed by atoms with Crippen molar-refractivity contribution in [2.45, 2.75) is 33.1 Å². The van der Waals surface area contributed by atoms with Gasteiger partial charge in [0.05, 0.1) is 12.7 Å². The van der Waals surface area contributed by atoms with Crippen molar-refractivity contribution >= 4 is 40.2 Å². The maximum atomic E-state index is 12.3. The van der Waals surface area contributed by atoms with Crippen LogP contribution in [0, 0.1) is 6.92 Å². The number of nitrogens with one attached hydrogen (secondary N) is 1. The van der Waals surface area contributed by atoms with E-state index in [1.807, 2.05) is 24.3 Å². The average molecular weight is 401 g/mol. The molecule has 0 spiro atoms. The monoisotopic (exact) mass is 400 g/mol. The van der Waals surface area contributed by atoms with E-state index >= 15 is 0 Å². The summed E-state index contributed by atoms with van der Waals surface area (Å²) in [6, 6.07) is 7.91. The van der Waals surface area contributed by atoms with Crippen LogP contribution in [0.1, 0.15) is 57.5 Å². The highest BCUT2D eigenvalue weighted by Crippen LogP contribution is 2.33. The molecule has 0 atom stereocenters. The van der Waals surface area contributed by atoms with Crippen molar-refractivity contribution in [1.82, 2.24) is 0 Å². The van der Waals surface area contributed by atoms with Crippen LogP contribution in [0.3, 0.4) is 0 Å². The Morgan fingerprint density at radius 2 is 1.75 bits per heavy atom. The van der Waals surface area contributed by atoms with Crippen LogP contribution in [-0.2, 0) is 14.9 Å². The SMILES string of the molecule is COC(=O)c1sc(NC(=O)/C=C/c2ccc(C(C)(C)C)cc2)c(C(N)=O)c1C. The van der Waals surface area contributed by atoms with Gasteiger partial charge in [0.15, 0.2) is 0 Å². The van der Waals surface area contributed by atoms with E-state index in [0.29, 0.717) is 5.56 Å². The number of anilines is 1. The van der Waals surface area contributed by atoms with E-state index in [2.05, 4.69) is 26.1 Å². The number of nitrogens with two attached hydrogens (primary N) is 1. The van der Waals surface area contributed by atoms with Crippen molar-refractivity contribution in [3.8, 4) is 0 Å². The molecule has 2 rings (SSSR count). The number of carbonyl (C=O) groups is 3. The Morgan fingerprint density at radius 1 is 1.14 bits per heavy atom. The lowest BCUT2D eigenvalue weighted by Crippen LogP contribution is -2.16. The van der Waals surface area contributed by atoms with Crippen LogP contribution in [0.25, 0.3) is 6.08 Å². The lowest BCUT2D eigenvalue weighted by atomic mass is 9.87. The molecule has 1 heterocycles. The smallest absolute Gasteiger partial charge is 0.348 e. The topological polar surface area (TPSA) is 98.5 Å². The molecule has 0 fully saturated rings. The number of benzene rings is 1. The van der Waals surface area contributed by atoms with Gasteiger partial charge in [-0.3, -0.25) is 9.59 Å². The Kier molecular flexibility index (Phi) is 6.41. The molecule has 0 saturated heterocycles. The van der Waals surface area contributed by atoms with Gasteiger partial charge < -0.3 is 15.8 Å². The highest BCUT2D eigenvalue weighted by molar-refractivity contribution is 7.18. The third kappa shape index (κ3) is 4.86. The van der Waals surface area contributed by atoms with Gasteiger partial charge >= 0.3 is 5.97 Å². The van der Waals surface area contributed by atoms with Gasteiger partial charge in [0, 0.05) is 6.08 Å². The van der Waals surface area contributed by atoms with Crippen molar-refractivity contribution in [3.63, 3.8) is 0 Å². The highest BCUT2D eigenvalue weighted by Gasteiger charge is 2.24. The Hall–Kier alpha value is -2.93. The molecule has 7 heteroatoms. The predicted octanol–water partition coefficient (Wildman–Crippen LogP) is 3.89. The largest absolute Gasteiger partial charge is 0.465 e. The molecule has 2 aromatic rings. The number of carbonyl (C=O) groups excluding carboxylic acids is 3. The van der Waals surface area contributed by atoms with Crippen LogP contribution >= 0.6 is 11.3 Å². The second-order valence-electron chi connectivity index (χ2n) is 7.31. The maximum absolute atomic E-state index is 12.3. The Morgan fingerprint density at radius 3 is 2.25 bits per heavy atom. The first-order valence-corrected chi connectivity index (χ1v) is 9.47. The fourth-order valence-electron chi connectivity index (χ4n) is 2.61. The Balaban J connectivity index is 2.20. The van der Waals surface area contributed by atoms with E-state index in [1.54, 1.807) is 13.0 Å². The van der Waals surface area contributed by atoms with E-state index in [-0.39, 0.29) is 20.9 Å². The van der Waals surface area contributed by atoms with Gasteiger partial charge in [-0.15, -0.1) is 11.3 Å². The summed E-state index contributed by atoms with van der Waals surface area (Å²) in [7, 11) is 1.25. The number of hydrogen-bond acceptors (Lipinski definition) is 5. The number of methoxy groups -OCH3 is 1. The molecule has 2 amide bonds. The molecule has 0 saturated carbocycles. The first-order valence-electron chi connectivity index (χ1n) is 8.65. The predicted molar refractivity (Wildman–Crippen MR) is 112 cm³/mol. The summed E-state index contributed by atoms with van der Waals surface area (Å²) in [5, 5.41) is 2.85. The van der Waals surface area contributed by atoms with Crippen molar-refractivity contribution in [2.75, 3.05) is 12.4 Å². The van der Waals surface area contributed by atoms with Crippen LogP contribution in [0.5, 0.6) is 0 Å². The first-order chi connectivity index (χ1) is 13.0. The molecule has 148 valence electrons. The second kappa shape index (κ2) is 8.39. The van der Waals surface area contributed by atoms with Crippen LogP contribution in [0.15, 0.2) is 30.3 Å². The number of esters is 1. The van der Waals surface area contributed by atoms with E-state index in [4.69, 9.17) is 10.5 Å². The summed E-state index contributed by atoms with van der Waals surface area (Å²) in [6.07, 6.45) is 3.04. The minimum Gasteiger partial charge on any atom is -0.465 e. The van der Waals surface area contributed by atoms with Crippen molar-refractivity contribution < 1.29 is 19.1 Å². The molecule has 0 unspecified atom stereocenters. The molecule has 28 heavy (non-hydrogen) atoms. The number of thiophene rings is 1. The molecular weight excluding hydrogens is 376 g/mol. The van der Waals surface area contributed by atoms with E-state index in [0.717, 1.165) is 16.9 Å². The third-order valence-corrected chi connectivity index (χ3v) is 5.39. The van der Waals surface area contributed by atoms with E-state index in [9.17, 15) is 14.4 Å². The molecule has 1 aromatic heterocycles. The quantitative estimate of drug-likeness (QED) is 0.587. The summed E-state index contributed by atoms with van der Waals surface area (Å²) in [5.41, 5.74) is 8.03. The molecule has 1 aromatic carbocycles. The standard InChI is InChI=1S/C21H24N2O4S/c1-12-16(18(22)25)19(28-17(12)20(26)27-5)23-15(24)11-8-13-6-9-14(10-7-13)21(2,3)4/h6-11H,1-5H3,(H2,22,25)(H,23,24)/b11-8+. The lowest BCUT2D eigenvalue weighted by Gasteiger charge is -2.18. The third-order valence-electron chi connectivity index (χ3n) is 4.20. The minimum atomic E-state index is -0.721. The van der Waals surface area contributed by atoms with Gasteiger partial charge in [-0.1, -0.05) is 45.0 Å². The highest BCUT2D eigenvalue weighted by atomic mass is 32.1. The van der Waals surface area contributed by atoms with Crippen molar-refractivity contribution in [1.29, 1.82) is 0 Å². The zero-order valence-electron chi connectivity index (χ0n) is 16.6. The zero-order valence-corrected chi connectivity index (χ0v) is 17.4. The number of primary amides is 1. The van der Waals surface area contributed by atoms with Crippen LogP contribution in [0.4, 0.5) is 5.00 Å². The lowest BCUT2D eigenvalue weighted by molar-refractivity contribution is -0.111. The van der Waals surface area contributed by atoms with Gasteiger partial charge in [-0.25, -0.2) is 4.79 Å². The zero-order chi connectivity index (χ0) is 21.1. The van der Waals surface area contributed by atoms with E-state index in [1.165, 1.54) is 18.7 Å². The van der Waals surface area contributed by atoms with Crippen LogP contribution < -0.4 is 11.1 Å². The summed E-state index contributed by atoms with van der Waals surface area (Å²) < 4.78 is 4.70. The fraction of sp³-hybridized carbons (Fsp3) is 0.286. The first kappa shape index (κ1) is 21.4. The van der Waals surface area contributed by atoms with Gasteiger partial charge in [-0.05, 0) is 35.1 Å². The molecule has 0 bridgehead atoms. The molecule has 6 nitrogen and oxygen atoms in total. The molecular formula is C21H24N2O4S. The normalized spacial score (nSPS) is 11.5. The summed E-state index contributed by atoms with van der Waals surface area (Å²) in [4.78, 5) is 36.1. The van der Waals surface area contributed by atoms with Gasteiger partial charge in [-0.2, -0.15) is 0 Å².